The molecule has 0 aliphatic carbocycles. The number of anilines is 1. The van der Waals surface area contributed by atoms with Gasteiger partial charge in [0.2, 0.25) is 0 Å². The fourth-order valence-electron chi connectivity index (χ4n) is 3.14. The van der Waals surface area contributed by atoms with Gasteiger partial charge in [-0.15, -0.1) is 11.3 Å². The van der Waals surface area contributed by atoms with Crippen LogP contribution in [-0.2, 0) is 6.42 Å². The molecule has 0 radical (unpaired) electrons. The van der Waals surface area contributed by atoms with Crippen molar-refractivity contribution in [2.45, 2.75) is 25.8 Å². The molecular formula is C17H22N2S. The molecule has 0 saturated carbocycles. The van der Waals surface area contributed by atoms with Crippen molar-refractivity contribution in [3.63, 3.8) is 0 Å². The predicted molar refractivity (Wildman–Crippen MR) is 87.5 cm³/mol. The van der Waals surface area contributed by atoms with Crippen LogP contribution in [0.1, 0.15) is 16.9 Å². The zero-order valence-corrected chi connectivity index (χ0v) is 12.8. The second-order valence-electron chi connectivity index (χ2n) is 5.89. The van der Waals surface area contributed by atoms with E-state index in [1.54, 1.807) is 0 Å². The number of nitrogens with two attached hydrogens (primary N) is 1. The standard InChI is InChI=1S/C17H22N2S/c1-13-4-2-5-16(8-13)19-11-14(9-15(18)12-19)10-17-6-3-7-20-17/h2-8,14-15H,9-12,18H2,1H3. The Morgan fingerprint density at radius 3 is 2.90 bits per heavy atom. The third-order valence-corrected chi connectivity index (χ3v) is 4.91. The molecule has 0 spiro atoms. The van der Waals surface area contributed by atoms with E-state index < -0.39 is 0 Å². The fourth-order valence-corrected chi connectivity index (χ4v) is 3.96. The lowest BCUT2D eigenvalue weighted by atomic mass is 9.91. The smallest absolute Gasteiger partial charge is 0.0369 e. The Hall–Kier alpha value is -1.32. The first-order valence-corrected chi connectivity index (χ1v) is 8.18. The Morgan fingerprint density at radius 1 is 1.25 bits per heavy atom. The predicted octanol–water partition coefficient (Wildman–Crippen LogP) is 3.45. The monoisotopic (exact) mass is 286 g/mol. The number of hydrogen-bond donors (Lipinski definition) is 1. The van der Waals surface area contributed by atoms with Crippen LogP contribution < -0.4 is 10.6 Å². The van der Waals surface area contributed by atoms with Gasteiger partial charge in [-0.2, -0.15) is 0 Å². The molecule has 2 atom stereocenters. The highest BCUT2D eigenvalue weighted by molar-refractivity contribution is 7.09. The summed E-state index contributed by atoms with van der Waals surface area (Å²) < 4.78 is 0. The summed E-state index contributed by atoms with van der Waals surface area (Å²) in [4.78, 5) is 3.94. The molecule has 1 fully saturated rings. The highest BCUT2D eigenvalue weighted by Gasteiger charge is 2.25. The Kier molecular flexibility index (Phi) is 4.08. The highest BCUT2D eigenvalue weighted by atomic mass is 32.1. The van der Waals surface area contributed by atoms with Crippen LogP contribution in [-0.4, -0.2) is 19.1 Å². The Bertz CT molecular complexity index is 550. The van der Waals surface area contributed by atoms with E-state index in [1.165, 1.54) is 16.1 Å². The Morgan fingerprint density at radius 2 is 2.15 bits per heavy atom. The molecule has 1 aromatic heterocycles. The molecule has 2 unspecified atom stereocenters. The first-order valence-electron chi connectivity index (χ1n) is 7.30. The summed E-state index contributed by atoms with van der Waals surface area (Å²) in [6.45, 7) is 4.25. The molecule has 1 aliphatic rings. The van der Waals surface area contributed by atoms with Crippen molar-refractivity contribution in [3.05, 3.63) is 52.2 Å². The summed E-state index contributed by atoms with van der Waals surface area (Å²) in [5.74, 6) is 0.665. The van der Waals surface area contributed by atoms with E-state index in [4.69, 9.17) is 5.73 Å². The molecule has 2 nitrogen and oxygen atoms in total. The van der Waals surface area contributed by atoms with Gasteiger partial charge in [0, 0.05) is 29.7 Å². The van der Waals surface area contributed by atoms with Crippen LogP contribution in [0.25, 0.3) is 0 Å². The summed E-state index contributed by atoms with van der Waals surface area (Å²) in [6, 6.07) is 13.4. The van der Waals surface area contributed by atoms with Crippen LogP contribution in [0.3, 0.4) is 0 Å². The van der Waals surface area contributed by atoms with E-state index in [1.807, 2.05) is 11.3 Å². The van der Waals surface area contributed by atoms with Gasteiger partial charge in [-0.25, -0.2) is 0 Å². The third kappa shape index (κ3) is 3.22. The second kappa shape index (κ2) is 5.98. The molecule has 3 rings (SSSR count). The van der Waals surface area contributed by atoms with E-state index in [2.05, 4.69) is 53.6 Å². The van der Waals surface area contributed by atoms with Crippen molar-refractivity contribution >= 4 is 17.0 Å². The van der Waals surface area contributed by atoms with E-state index in [9.17, 15) is 0 Å². The van der Waals surface area contributed by atoms with Gasteiger partial charge in [0.05, 0.1) is 0 Å². The molecule has 1 aliphatic heterocycles. The van der Waals surface area contributed by atoms with Gasteiger partial charge in [0.15, 0.2) is 0 Å². The summed E-state index contributed by atoms with van der Waals surface area (Å²) in [5, 5.41) is 2.16. The maximum atomic E-state index is 6.28. The lowest BCUT2D eigenvalue weighted by molar-refractivity contribution is 0.376. The van der Waals surface area contributed by atoms with Crippen molar-refractivity contribution in [2.75, 3.05) is 18.0 Å². The molecule has 2 N–H and O–H groups in total. The van der Waals surface area contributed by atoms with Crippen molar-refractivity contribution in [3.8, 4) is 0 Å². The van der Waals surface area contributed by atoms with Gasteiger partial charge < -0.3 is 10.6 Å². The van der Waals surface area contributed by atoms with Crippen molar-refractivity contribution in [1.29, 1.82) is 0 Å². The average Bonchev–Trinajstić information content (AvgIpc) is 2.91. The minimum absolute atomic E-state index is 0.286. The lowest BCUT2D eigenvalue weighted by Gasteiger charge is -2.38. The quantitative estimate of drug-likeness (QED) is 0.936. The van der Waals surface area contributed by atoms with Crippen molar-refractivity contribution < 1.29 is 0 Å². The Balaban J connectivity index is 1.72. The maximum Gasteiger partial charge on any atom is 0.0369 e. The summed E-state index contributed by atoms with van der Waals surface area (Å²) in [5.41, 5.74) is 8.91. The van der Waals surface area contributed by atoms with E-state index in [-0.39, 0.29) is 6.04 Å². The lowest BCUT2D eigenvalue weighted by Crippen LogP contribution is -2.47. The minimum Gasteiger partial charge on any atom is -0.370 e. The van der Waals surface area contributed by atoms with Gasteiger partial charge in [0.25, 0.3) is 0 Å². The van der Waals surface area contributed by atoms with Gasteiger partial charge in [-0.05, 0) is 54.8 Å². The van der Waals surface area contributed by atoms with Gasteiger partial charge in [0.1, 0.15) is 0 Å². The molecule has 3 heteroatoms. The van der Waals surface area contributed by atoms with Crippen LogP contribution in [0.2, 0.25) is 0 Å². The Labute approximate surface area is 125 Å². The summed E-state index contributed by atoms with van der Waals surface area (Å²) >= 11 is 1.86. The van der Waals surface area contributed by atoms with E-state index >= 15 is 0 Å². The first kappa shape index (κ1) is 13.7. The average molecular weight is 286 g/mol. The van der Waals surface area contributed by atoms with Crippen LogP contribution in [0.4, 0.5) is 5.69 Å². The molecule has 0 amide bonds. The molecule has 0 bridgehead atoms. The molecular weight excluding hydrogens is 264 g/mol. The van der Waals surface area contributed by atoms with E-state index in [0.717, 1.165) is 25.9 Å². The number of thiophene rings is 1. The molecule has 1 aromatic carbocycles. The number of aryl methyl sites for hydroxylation is 1. The molecule has 20 heavy (non-hydrogen) atoms. The van der Waals surface area contributed by atoms with Crippen molar-refractivity contribution in [1.82, 2.24) is 0 Å². The second-order valence-corrected chi connectivity index (χ2v) is 6.92. The van der Waals surface area contributed by atoms with Gasteiger partial charge in [-0.1, -0.05) is 18.2 Å². The van der Waals surface area contributed by atoms with Crippen LogP contribution in [0.5, 0.6) is 0 Å². The summed E-state index contributed by atoms with van der Waals surface area (Å²) in [6.07, 6.45) is 2.30. The van der Waals surface area contributed by atoms with Gasteiger partial charge >= 0.3 is 0 Å². The van der Waals surface area contributed by atoms with Crippen LogP contribution in [0.15, 0.2) is 41.8 Å². The first-order chi connectivity index (χ1) is 9.70. The van der Waals surface area contributed by atoms with Crippen LogP contribution >= 0.6 is 11.3 Å². The zero-order chi connectivity index (χ0) is 13.9. The largest absolute Gasteiger partial charge is 0.370 e. The van der Waals surface area contributed by atoms with Crippen molar-refractivity contribution in [2.24, 2.45) is 11.7 Å². The number of benzene rings is 1. The van der Waals surface area contributed by atoms with Gasteiger partial charge in [-0.3, -0.25) is 0 Å². The number of rotatable bonds is 3. The fraction of sp³-hybridized carbons (Fsp3) is 0.412. The SMILES string of the molecule is Cc1cccc(N2CC(N)CC(Cc3cccs3)C2)c1. The third-order valence-electron chi connectivity index (χ3n) is 4.01. The minimum atomic E-state index is 0.286. The number of hydrogen-bond acceptors (Lipinski definition) is 3. The van der Waals surface area contributed by atoms with E-state index in [0.29, 0.717) is 5.92 Å². The van der Waals surface area contributed by atoms with Crippen LogP contribution in [0, 0.1) is 12.8 Å². The zero-order valence-electron chi connectivity index (χ0n) is 12.0. The number of piperidine rings is 1. The molecule has 2 heterocycles. The highest BCUT2D eigenvalue weighted by Crippen LogP contribution is 2.26. The molecule has 106 valence electrons. The maximum absolute atomic E-state index is 6.28. The summed E-state index contributed by atoms with van der Waals surface area (Å²) in [7, 11) is 0. The molecule has 2 aromatic rings. The number of nitrogens with zero attached hydrogens (tertiary/aromatic N) is 1. The topological polar surface area (TPSA) is 29.3 Å². The normalized spacial score (nSPS) is 23.0. The molecule has 1 saturated heterocycles.